The van der Waals surface area contributed by atoms with Crippen molar-refractivity contribution < 1.29 is 9.59 Å². The molecule has 2 amide bonds. The molecule has 0 aromatic carbocycles. The van der Waals surface area contributed by atoms with Crippen LogP contribution in [0.3, 0.4) is 0 Å². The van der Waals surface area contributed by atoms with Gasteiger partial charge in [-0.2, -0.15) is 0 Å². The summed E-state index contributed by atoms with van der Waals surface area (Å²) < 4.78 is 0. The Labute approximate surface area is 102 Å². The number of imide groups is 1. The van der Waals surface area contributed by atoms with Gasteiger partial charge in [-0.15, -0.1) is 0 Å². The van der Waals surface area contributed by atoms with Crippen LogP contribution in [0.25, 0.3) is 0 Å². The van der Waals surface area contributed by atoms with Crippen molar-refractivity contribution in [2.45, 2.75) is 45.4 Å². The number of hydrogen-bond acceptors (Lipinski definition) is 2. The maximum absolute atomic E-state index is 12.2. The first kappa shape index (κ1) is 12.1. The topological polar surface area (TPSA) is 37.4 Å². The van der Waals surface area contributed by atoms with Gasteiger partial charge in [0, 0.05) is 17.7 Å². The molecule has 3 nitrogen and oxygen atoms in total. The highest BCUT2D eigenvalue weighted by atomic mass is 16.2. The Kier molecular flexibility index (Phi) is 3.77. The van der Waals surface area contributed by atoms with Crippen molar-refractivity contribution in [2.75, 3.05) is 6.54 Å². The predicted octanol–water partition coefficient (Wildman–Crippen LogP) is 2.58. The third kappa shape index (κ3) is 2.48. The molecule has 2 aliphatic carbocycles. The summed E-state index contributed by atoms with van der Waals surface area (Å²) in [5, 5.41) is 0. The van der Waals surface area contributed by atoms with Crippen molar-refractivity contribution in [3.63, 3.8) is 0 Å². The summed E-state index contributed by atoms with van der Waals surface area (Å²) in [7, 11) is 0. The number of carbonyl (C=O) groups excluding carboxylic acids is 2. The molecule has 0 aliphatic heterocycles. The lowest BCUT2D eigenvalue weighted by Gasteiger charge is -2.20. The van der Waals surface area contributed by atoms with Gasteiger partial charge in [-0.05, 0) is 45.4 Å². The molecular formula is C14H19NO2. The summed E-state index contributed by atoms with van der Waals surface area (Å²) >= 11 is 0. The van der Waals surface area contributed by atoms with Crippen LogP contribution in [0.1, 0.15) is 45.4 Å². The van der Waals surface area contributed by atoms with Crippen LogP contribution in [-0.4, -0.2) is 23.3 Å². The Morgan fingerprint density at radius 1 is 1.06 bits per heavy atom. The summed E-state index contributed by atoms with van der Waals surface area (Å²) in [6, 6.07) is 0. The van der Waals surface area contributed by atoms with Gasteiger partial charge in [0.25, 0.3) is 11.8 Å². The van der Waals surface area contributed by atoms with Crippen molar-refractivity contribution in [1.29, 1.82) is 0 Å². The van der Waals surface area contributed by atoms with E-state index in [4.69, 9.17) is 0 Å². The van der Waals surface area contributed by atoms with Gasteiger partial charge in [0.05, 0.1) is 0 Å². The monoisotopic (exact) mass is 233 g/mol. The van der Waals surface area contributed by atoms with E-state index in [1.165, 1.54) is 4.90 Å². The second-order valence-electron chi connectivity index (χ2n) is 4.60. The molecule has 0 aromatic heterocycles. The van der Waals surface area contributed by atoms with Crippen LogP contribution in [0.4, 0.5) is 0 Å². The van der Waals surface area contributed by atoms with Crippen LogP contribution in [0.15, 0.2) is 23.3 Å². The van der Waals surface area contributed by atoms with Gasteiger partial charge >= 0.3 is 0 Å². The first-order valence-corrected chi connectivity index (χ1v) is 6.48. The molecule has 0 heterocycles. The summed E-state index contributed by atoms with van der Waals surface area (Å²) in [5.41, 5.74) is 1.64. The van der Waals surface area contributed by atoms with Gasteiger partial charge in [-0.1, -0.05) is 12.2 Å². The van der Waals surface area contributed by atoms with E-state index in [0.717, 1.165) is 49.7 Å². The Balaban J connectivity index is 2.09. The maximum atomic E-state index is 12.2. The molecule has 0 saturated carbocycles. The minimum absolute atomic E-state index is 0.0807. The normalized spacial score (nSPS) is 18.9. The number of allylic oxidation sites excluding steroid dienone is 2. The number of likely N-dealkylation sites (N-methyl/N-ethyl adjacent to an activating group) is 1. The highest BCUT2D eigenvalue weighted by molar-refractivity contribution is 6.10. The summed E-state index contributed by atoms with van der Waals surface area (Å²) in [4.78, 5) is 25.8. The van der Waals surface area contributed by atoms with E-state index in [1.54, 1.807) is 0 Å². The quantitative estimate of drug-likeness (QED) is 0.703. The molecule has 0 fully saturated rings. The van der Waals surface area contributed by atoms with E-state index in [0.29, 0.717) is 6.54 Å². The van der Waals surface area contributed by atoms with Gasteiger partial charge in [0.15, 0.2) is 0 Å². The molecule has 2 aliphatic rings. The zero-order chi connectivity index (χ0) is 12.3. The maximum Gasteiger partial charge on any atom is 0.256 e. The fraction of sp³-hybridized carbons (Fsp3) is 0.571. The minimum atomic E-state index is -0.0807. The van der Waals surface area contributed by atoms with Crippen LogP contribution in [0.5, 0.6) is 0 Å². The molecule has 0 unspecified atom stereocenters. The van der Waals surface area contributed by atoms with Crippen LogP contribution in [-0.2, 0) is 9.59 Å². The highest BCUT2D eigenvalue weighted by Gasteiger charge is 2.27. The van der Waals surface area contributed by atoms with E-state index in [9.17, 15) is 9.59 Å². The van der Waals surface area contributed by atoms with Gasteiger partial charge in [-0.25, -0.2) is 0 Å². The van der Waals surface area contributed by atoms with Crippen molar-refractivity contribution >= 4 is 11.8 Å². The molecule has 92 valence electrons. The van der Waals surface area contributed by atoms with Crippen LogP contribution in [0, 0.1) is 0 Å². The van der Waals surface area contributed by atoms with Crippen LogP contribution < -0.4 is 0 Å². The number of rotatable bonds is 3. The first-order valence-electron chi connectivity index (χ1n) is 6.48. The van der Waals surface area contributed by atoms with E-state index in [1.807, 2.05) is 19.1 Å². The molecule has 17 heavy (non-hydrogen) atoms. The number of hydrogen-bond donors (Lipinski definition) is 0. The Bertz CT molecular complexity index is 357. The zero-order valence-electron chi connectivity index (χ0n) is 10.4. The van der Waals surface area contributed by atoms with Crippen molar-refractivity contribution in [1.82, 2.24) is 4.90 Å². The molecular weight excluding hydrogens is 214 g/mol. The molecule has 0 aromatic rings. The van der Waals surface area contributed by atoms with Crippen LogP contribution in [0.2, 0.25) is 0 Å². The van der Waals surface area contributed by atoms with E-state index < -0.39 is 0 Å². The fourth-order valence-electron chi connectivity index (χ4n) is 2.46. The number of nitrogens with zero attached hydrogens (tertiary/aromatic N) is 1. The molecule has 0 N–H and O–H groups in total. The SMILES string of the molecule is CCN(C(=O)C1=CCCC1)C(=O)C1=CCCC1. The predicted molar refractivity (Wildman–Crippen MR) is 66.3 cm³/mol. The molecule has 0 saturated heterocycles. The van der Waals surface area contributed by atoms with E-state index in [-0.39, 0.29) is 11.8 Å². The van der Waals surface area contributed by atoms with Gasteiger partial charge in [-0.3, -0.25) is 14.5 Å². The zero-order valence-corrected chi connectivity index (χ0v) is 10.4. The fourth-order valence-corrected chi connectivity index (χ4v) is 2.46. The van der Waals surface area contributed by atoms with Crippen LogP contribution >= 0.6 is 0 Å². The Morgan fingerprint density at radius 3 is 1.82 bits per heavy atom. The average molecular weight is 233 g/mol. The highest BCUT2D eigenvalue weighted by Crippen LogP contribution is 2.23. The summed E-state index contributed by atoms with van der Waals surface area (Å²) in [5.74, 6) is -0.161. The molecule has 0 radical (unpaired) electrons. The lowest BCUT2D eigenvalue weighted by Crippen LogP contribution is -2.38. The first-order chi connectivity index (χ1) is 8.24. The van der Waals surface area contributed by atoms with Crippen molar-refractivity contribution in [2.24, 2.45) is 0 Å². The molecule has 0 bridgehead atoms. The van der Waals surface area contributed by atoms with E-state index in [2.05, 4.69) is 0 Å². The second-order valence-corrected chi connectivity index (χ2v) is 4.60. The second kappa shape index (κ2) is 5.30. The smallest absolute Gasteiger partial charge is 0.256 e. The summed E-state index contributed by atoms with van der Waals surface area (Å²) in [6.45, 7) is 2.33. The van der Waals surface area contributed by atoms with Crippen molar-refractivity contribution in [3.8, 4) is 0 Å². The minimum Gasteiger partial charge on any atom is -0.275 e. The van der Waals surface area contributed by atoms with Gasteiger partial charge in [0.2, 0.25) is 0 Å². The third-order valence-corrected chi connectivity index (χ3v) is 3.44. The Hall–Kier alpha value is -1.38. The van der Waals surface area contributed by atoms with Crippen molar-refractivity contribution in [3.05, 3.63) is 23.3 Å². The summed E-state index contributed by atoms with van der Waals surface area (Å²) in [6.07, 6.45) is 9.60. The molecule has 3 heteroatoms. The number of amides is 2. The lowest BCUT2D eigenvalue weighted by molar-refractivity contribution is -0.139. The molecule has 0 atom stereocenters. The van der Waals surface area contributed by atoms with Gasteiger partial charge < -0.3 is 0 Å². The number of carbonyl (C=O) groups is 2. The average Bonchev–Trinajstić information content (AvgIpc) is 3.03. The third-order valence-electron chi connectivity index (χ3n) is 3.44. The molecule has 0 spiro atoms. The standard InChI is InChI=1S/C14H19NO2/c1-2-15(13(16)11-7-3-4-8-11)14(17)12-9-5-6-10-12/h7,9H,2-6,8,10H2,1H3. The lowest BCUT2D eigenvalue weighted by atomic mass is 10.1. The Morgan fingerprint density at radius 2 is 1.53 bits per heavy atom. The van der Waals surface area contributed by atoms with Gasteiger partial charge in [0.1, 0.15) is 0 Å². The molecule has 2 rings (SSSR count). The van der Waals surface area contributed by atoms with E-state index >= 15 is 0 Å². The largest absolute Gasteiger partial charge is 0.275 e.